The van der Waals surface area contributed by atoms with Gasteiger partial charge in [-0.3, -0.25) is 4.79 Å². The van der Waals surface area contributed by atoms with Crippen molar-refractivity contribution in [3.8, 4) is 0 Å². The minimum absolute atomic E-state index is 0.171. The number of aromatic nitrogens is 1. The van der Waals surface area contributed by atoms with Gasteiger partial charge in [0.1, 0.15) is 11.0 Å². The van der Waals surface area contributed by atoms with E-state index in [0.717, 1.165) is 53.2 Å². The van der Waals surface area contributed by atoms with Crippen molar-refractivity contribution in [2.75, 3.05) is 49.5 Å². The fourth-order valence-electron chi connectivity index (χ4n) is 4.46. The van der Waals surface area contributed by atoms with Gasteiger partial charge in [-0.25, -0.2) is 9.29 Å². The second-order valence-electron chi connectivity index (χ2n) is 9.69. The molecule has 12 heteroatoms. The van der Waals surface area contributed by atoms with Crippen molar-refractivity contribution in [3.05, 3.63) is 82.0 Å². The molecule has 4 rings (SSSR count). The van der Waals surface area contributed by atoms with Crippen molar-refractivity contribution in [1.82, 2.24) is 14.6 Å². The zero-order valence-electron chi connectivity index (χ0n) is 22.8. The summed E-state index contributed by atoms with van der Waals surface area (Å²) in [6, 6.07) is 15.3. The van der Waals surface area contributed by atoms with Crippen LogP contribution in [-0.4, -0.2) is 54.5 Å². The SMILES string of the molecule is CCc1cc(NC(=O)c2cccc(CNCCCN)c2)ccc1SN1CCN(c2cc(C(F)(F)F)cc(Cl)n2)CC1. The predicted molar refractivity (Wildman–Crippen MR) is 159 cm³/mol. The third-order valence-electron chi connectivity index (χ3n) is 6.67. The molecule has 4 N–H and O–H groups in total. The van der Waals surface area contributed by atoms with E-state index in [4.69, 9.17) is 17.3 Å². The van der Waals surface area contributed by atoms with Gasteiger partial charge in [0.05, 0.1) is 5.56 Å². The van der Waals surface area contributed by atoms with Crippen LogP contribution in [0.2, 0.25) is 5.15 Å². The lowest BCUT2D eigenvalue weighted by atomic mass is 10.1. The molecule has 0 aliphatic carbocycles. The summed E-state index contributed by atoms with van der Waals surface area (Å²) in [6.45, 7) is 6.52. The Balaban J connectivity index is 1.34. The van der Waals surface area contributed by atoms with Gasteiger partial charge in [-0.05, 0) is 91.5 Å². The van der Waals surface area contributed by atoms with Crippen LogP contribution in [0.3, 0.4) is 0 Å². The highest BCUT2D eigenvalue weighted by Crippen LogP contribution is 2.34. The quantitative estimate of drug-likeness (QED) is 0.144. The molecule has 1 saturated heterocycles. The second-order valence-corrected chi connectivity index (χ2v) is 11.2. The van der Waals surface area contributed by atoms with Crippen molar-refractivity contribution >= 4 is 41.0 Å². The molecule has 3 aromatic rings. The first-order valence-electron chi connectivity index (χ1n) is 13.5. The van der Waals surface area contributed by atoms with Crippen LogP contribution < -0.4 is 21.3 Å². The topological polar surface area (TPSA) is 86.5 Å². The number of piperazine rings is 1. The van der Waals surface area contributed by atoms with Gasteiger partial charge in [0.15, 0.2) is 0 Å². The third-order valence-corrected chi connectivity index (χ3v) is 8.09. The number of nitrogens with zero attached hydrogens (tertiary/aromatic N) is 3. The average molecular weight is 607 g/mol. The molecule has 1 aliphatic rings. The van der Waals surface area contributed by atoms with Crippen molar-refractivity contribution in [3.63, 3.8) is 0 Å². The molecule has 1 amide bonds. The van der Waals surface area contributed by atoms with Gasteiger partial charge in [-0.2, -0.15) is 13.2 Å². The summed E-state index contributed by atoms with van der Waals surface area (Å²) >= 11 is 7.49. The first-order valence-corrected chi connectivity index (χ1v) is 14.7. The van der Waals surface area contributed by atoms with Gasteiger partial charge >= 0.3 is 6.18 Å². The summed E-state index contributed by atoms with van der Waals surface area (Å²) in [5.74, 6) is 0.0629. The van der Waals surface area contributed by atoms with Crippen LogP contribution in [0.15, 0.2) is 59.5 Å². The number of carbonyl (C=O) groups is 1. The Labute approximate surface area is 247 Å². The van der Waals surface area contributed by atoms with Crippen LogP contribution in [0, 0.1) is 0 Å². The van der Waals surface area contributed by atoms with E-state index in [1.165, 1.54) is 0 Å². The number of hydrogen-bond donors (Lipinski definition) is 3. The normalized spacial score (nSPS) is 14.3. The highest BCUT2D eigenvalue weighted by atomic mass is 35.5. The molecule has 0 radical (unpaired) electrons. The van der Waals surface area contributed by atoms with Crippen LogP contribution in [0.1, 0.15) is 40.4 Å². The predicted octanol–water partition coefficient (Wildman–Crippen LogP) is 5.84. The number of benzene rings is 2. The van der Waals surface area contributed by atoms with Crippen LogP contribution in [0.25, 0.3) is 0 Å². The molecule has 1 fully saturated rings. The summed E-state index contributed by atoms with van der Waals surface area (Å²) in [4.78, 5) is 20.0. The van der Waals surface area contributed by atoms with E-state index >= 15 is 0 Å². The van der Waals surface area contributed by atoms with E-state index in [1.54, 1.807) is 18.0 Å². The number of rotatable bonds is 11. The Bertz CT molecular complexity index is 1330. The van der Waals surface area contributed by atoms with Crippen LogP contribution in [-0.2, 0) is 19.1 Å². The number of pyridine rings is 1. The number of nitrogens with two attached hydrogens (primary N) is 1. The van der Waals surface area contributed by atoms with Crippen LogP contribution in [0.5, 0.6) is 0 Å². The third kappa shape index (κ3) is 8.83. The molecule has 2 heterocycles. The van der Waals surface area contributed by atoms with Gasteiger partial charge in [-0.1, -0.05) is 30.7 Å². The molecule has 0 bridgehead atoms. The van der Waals surface area contributed by atoms with Crippen molar-refractivity contribution in [2.45, 2.75) is 37.4 Å². The Kier molecular flexibility index (Phi) is 10.9. The molecule has 1 aliphatic heterocycles. The minimum atomic E-state index is -4.48. The van der Waals surface area contributed by atoms with E-state index in [1.807, 2.05) is 41.3 Å². The number of hydrogen-bond acceptors (Lipinski definition) is 7. The summed E-state index contributed by atoms with van der Waals surface area (Å²) in [7, 11) is 0. The largest absolute Gasteiger partial charge is 0.416 e. The van der Waals surface area contributed by atoms with Crippen LogP contribution in [0.4, 0.5) is 24.7 Å². The second kappa shape index (κ2) is 14.4. The molecule has 0 spiro atoms. The fourth-order valence-corrected chi connectivity index (χ4v) is 5.74. The minimum Gasteiger partial charge on any atom is -0.354 e. The number of carbonyl (C=O) groups excluding carboxylic acids is 1. The number of anilines is 2. The summed E-state index contributed by atoms with van der Waals surface area (Å²) in [5, 5.41) is 6.16. The lowest BCUT2D eigenvalue weighted by Crippen LogP contribution is -2.43. The zero-order valence-corrected chi connectivity index (χ0v) is 24.4. The molecule has 0 saturated carbocycles. The first kappa shape index (κ1) is 31.1. The summed E-state index contributed by atoms with van der Waals surface area (Å²) in [6.07, 6.45) is -2.80. The highest BCUT2D eigenvalue weighted by Gasteiger charge is 2.32. The van der Waals surface area contributed by atoms with Crippen molar-refractivity contribution in [1.29, 1.82) is 0 Å². The Morgan fingerprint density at radius 1 is 1.10 bits per heavy atom. The van der Waals surface area contributed by atoms with E-state index in [2.05, 4.69) is 26.8 Å². The molecule has 0 unspecified atom stereocenters. The number of halogens is 4. The number of nitrogens with one attached hydrogen (secondary N) is 2. The van der Waals surface area contributed by atoms with Gasteiger partial charge in [-0.15, -0.1) is 0 Å². The van der Waals surface area contributed by atoms with Crippen LogP contribution >= 0.6 is 23.5 Å². The molecule has 0 atom stereocenters. The molecule has 41 heavy (non-hydrogen) atoms. The number of aryl methyl sites for hydroxylation is 1. The van der Waals surface area contributed by atoms with E-state index in [-0.39, 0.29) is 16.9 Å². The van der Waals surface area contributed by atoms with E-state index in [9.17, 15) is 18.0 Å². The maximum absolute atomic E-state index is 13.2. The van der Waals surface area contributed by atoms with E-state index < -0.39 is 11.7 Å². The maximum atomic E-state index is 13.2. The number of alkyl halides is 3. The molecule has 7 nitrogen and oxygen atoms in total. The average Bonchev–Trinajstić information content (AvgIpc) is 2.96. The summed E-state index contributed by atoms with van der Waals surface area (Å²) < 4.78 is 41.8. The zero-order chi connectivity index (χ0) is 29.4. The lowest BCUT2D eigenvalue weighted by Gasteiger charge is -2.35. The smallest absolute Gasteiger partial charge is 0.354 e. The first-order chi connectivity index (χ1) is 19.7. The maximum Gasteiger partial charge on any atom is 0.416 e. The lowest BCUT2D eigenvalue weighted by molar-refractivity contribution is -0.137. The number of amides is 1. The fraction of sp³-hybridized carbons (Fsp3) is 0.379. The molecular weight excluding hydrogens is 573 g/mol. The van der Waals surface area contributed by atoms with Gasteiger partial charge in [0.25, 0.3) is 5.91 Å². The van der Waals surface area contributed by atoms with Gasteiger partial charge < -0.3 is 21.3 Å². The highest BCUT2D eigenvalue weighted by molar-refractivity contribution is 7.97. The Hall–Kier alpha value is -2.83. The summed E-state index contributed by atoms with van der Waals surface area (Å²) in [5.41, 5.74) is 8.18. The molecule has 220 valence electrons. The van der Waals surface area contributed by atoms with Gasteiger partial charge in [0.2, 0.25) is 0 Å². The molecular formula is C29H34ClF3N6OS. The van der Waals surface area contributed by atoms with E-state index in [0.29, 0.717) is 44.8 Å². The Morgan fingerprint density at radius 2 is 1.88 bits per heavy atom. The Morgan fingerprint density at radius 3 is 2.59 bits per heavy atom. The van der Waals surface area contributed by atoms with Crippen molar-refractivity contribution < 1.29 is 18.0 Å². The monoisotopic (exact) mass is 606 g/mol. The molecule has 1 aromatic heterocycles. The van der Waals surface area contributed by atoms with Gasteiger partial charge in [0, 0.05) is 48.9 Å². The van der Waals surface area contributed by atoms with Crippen molar-refractivity contribution in [2.24, 2.45) is 5.73 Å². The standard InChI is InChI=1S/C29H34ClF3N6OS/c1-2-21-16-24(36-28(40)22-6-3-5-20(15-22)19-35-10-4-9-34)7-8-25(21)41-39-13-11-38(12-14-39)27-18-23(29(31,32)33)17-26(30)37-27/h3,5-8,15-18,35H,2,4,9-14,19,34H2,1H3,(H,36,40). The molecule has 2 aromatic carbocycles.